The first-order valence-corrected chi connectivity index (χ1v) is 7.71. The second-order valence-corrected chi connectivity index (χ2v) is 5.72. The quantitative estimate of drug-likeness (QED) is 0.867. The van der Waals surface area contributed by atoms with Crippen LogP contribution in [0.5, 0.6) is 0 Å². The number of pyridine rings is 1. The summed E-state index contributed by atoms with van der Waals surface area (Å²) < 4.78 is 6.19. The van der Waals surface area contributed by atoms with Gasteiger partial charge >= 0.3 is 0 Å². The number of ether oxygens (including phenoxy) is 1. The fourth-order valence-corrected chi connectivity index (χ4v) is 2.25. The smallest absolute Gasteiger partial charge is 0.263 e. The lowest BCUT2D eigenvalue weighted by Crippen LogP contribution is -2.28. The fourth-order valence-electron chi connectivity index (χ4n) is 2.25. The summed E-state index contributed by atoms with van der Waals surface area (Å²) >= 11 is 0. The lowest BCUT2D eigenvalue weighted by molar-refractivity contribution is -0.119. The molecule has 1 heterocycles. The van der Waals surface area contributed by atoms with E-state index in [1.807, 2.05) is 6.92 Å². The van der Waals surface area contributed by atoms with Crippen LogP contribution in [0.2, 0.25) is 0 Å². The normalized spacial score (nSPS) is 10.4. The number of anilines is 2. The molecule has 0 aliphatic heterocycles. The first kappa shape index (κ1) is 18.4. The van der Waals surface area contributed by atoms with Crippen LogP contribution in [0.3, 0.4) is 0 Å². The van der Waals surface area contributed by atoms with E-state index in [-0.39, 0.29) is 23.6 Å². The van der Waals surface area contributed by atoms with E-state index in [1.165, 1.54) is 17.7 Å². The van der Waals surface area contributed by atoms with Gasteiger partial charge in [0.25, 0.3) is 11.5 Å². The predicted molar refractivity (Wildman–Crippen MR) is 96.1 cm³/mol. The Balaban J connectivity index is 2.25. The van der Waals surface area contributed by atoms with Gasteiger partial charge < -0.3 is 19.9 Å². The van der Waals surface area contributed by atoms with Crippen LogP contribution in [0.25, 0.3) is 0 Å². The minimum absolute atomic E-state index is 0.0568. The van der Waals surface area contributed by atoms with Crippen molar-refractivity contribution in [2.75, 3.05) is 24.4 Å². The largest absolute Gasteiger partial charge is 0.375 e. The van der Waals surface area contributed by atoms with Crippen LogP contribution in [-0.4, -0.2) is 30.1 Å². The Labute approximate surface area is 145 Å². The zero-order valence-corrected chi connectivity index (χ0v) is 14.7. The second kappa shape index (κ2) is 7.76. The second-order valence-electron chi connectivity index (χ2n) is 5.72. The number of aryl methyl sites for hydroxylation is 2. The Morgan fingerprint density at radius 2 is 1.84 bits per heavy atom. The summed E-state index contributed by atoms with van der Waals surface area (Å²) in [6.45, 7) is 3.55. The van der Waals surface area contributed by atoms with Crippen LogP contribution in [-0.2, 0) is 16.6 Å². The number of carbonyl (C=O) groups is 2. The van der Waals surface area contributed by atoms with Gasteiger partial charge in [-0.2, -0.15) is 0 Å². The van der Waals surface area contributed by atoms with E-state index in [0.29, 0.717) is 11.4 Å². The fraction of sp³-hybridized carbons (Fsp3) is 0.278. The molecule has 0 saturated carbocycles. The zero-order chi connectivity index (χ0) is 18.6. The molecule has 1 aromatic heterocycles. The summed E-state index contributed by atoms with van der Waals surface area (Å²) in [6.07, 6.45) is 0. The molecule has 0 unspecified atom stereocenters. The van der Waals surface area contributed by atoms with Crippen LogP contribution in [0.15, 0.2) is 35.1 Å². The third-order valence-corrected chi connectivity index (χ3v) is 3.84. The van der Waals surface area contributed by atoms with Crippen molar-refractivity contribution in [3.05, 3.63) is 57.5 Å². The van der Waals surface area contributed by atoms with E-state index < -0.39 is 5.91 Å². The highest BCUT2D eigenvalue weighted by Gasteiger charge is 2.14. The van der Waals surface area contributed by atoms with E-state index in [0.717, 1.165) is 11.3 Å². The van der Waals surface area contributed by atoms with Gasteiger partial charge in [0, 0.05) is 31.2 Å². The highest BCUT2D eigenvalue weighted by atomic mass is 16.5. The van der Waals surface area contributed by atoms with Crippen molar-refractivity contribution in [2.45, 2.75) is 13.8 Å². The molecule has 0 spiro atoms. The zero-order valence-electron chi connectivity index (χ0n) is 14.7. The molecule has 7 heteroatoms. The monoisotopic (exact) mass is 343 g/mol. The number of carbonyl (C=O) groups excluding carboxylic acids is 2. The van der Waals surface area contributed by atoms with Crippen LogP contribution in [0, 0.1) is 13.8 Å². The Kier molecular flexibility index (Phi) is 5.71. The molecule has 2 N–H and O–H groups in total. The number of hydrogen-bond donors (Lipinski definition) is 2. The van der Waals surface area contributed by atoms with Gasteiger partial charge in [-0.05, 0) is 43.7 Å². The lowest BCUT2D eigenvalue weighted by Gasteiger charge is -2.12. The minimum Gasteiger partial charge on any atom is -0.375 e. The number of nitrogens with zero attached hydrogens (tertiary/aromatic N) is 1. The molecule has 0 atom stereocenters. The molecular formula is C18H21N3O4. The maximum Gasteiger partial charge on any atom is 0.263 e. The molecule has 0 aliphatic rings. The van der Waals surface area contributed by atoms with Crippen LogP contribution in [0.1, 0.15) is 21.6 Å². The molecule has 2 aromatic rings. The van der Waals surface area contributed by atoms with Crippen molar-refractivity contribution in [3.63, 3.8) is 0 Å². The number of aromatic nitrogens is 1. The maximum atomic E-state index is 12.5. The lowest BCUT2D eigenvalue weighted by atomic mass is 10.1. The Hall–Kier alpha value is -2.93. The number of amides is 2. The molecular weight excluding hydrogens is 322 g/mol. The third-order valence-electron chi connectivity index (χ3n) is 3.84. The first-order chi connectivity index (χ1) is 11.8. The number of methoxy groups -OCH3 is 1. The summed E-state index contributed by atoms with van der Waals surface area (Å²) in [6, 6.07) is 8.35. The van der Waals surface area contributed by atoms with Crippen molar-refractivity contribution in [2.24, 2.45) is 7.05 Å². The highest BCUT2D eigenvalue weighted by Crippen LogP contribution is 2.21. The first-order valence-electron chi connectivity index (χ1n) is 7.71. The molecule has 0 bridgehead atoms. The third kappa shape index (κ3) is 4.33. The average molecular weight is 343 g/mol. The van der Waals surface area contributed by atoms with E-state index in [1.54, 1.807) is 38.2 Å². The SMILES string of the molecule is COCC(=O)Nc1ccc(C)c(NC(=O)c2ccc(C)n(C)c2=O)c1. The summed E-state index contributed by atoms with van der Waals surface area (Å²) in [5.41, 5.74) is 2.31. The Morgan fingerprint density at radius 3 is 2.52 bits per heavy atom. The highest BCUT2D eigenvalue weighted by molar-refractivity contribution is 6.05. The molecule has 25 heavy (non-hydrogen) atoms. The van der Waals surface area contributed by atoms with Crippen molar-refractivity contribution in [1.29, 1.82) is 0 Å². The van der Waals surface area contributed by atoms with Gasteiger partial charge in [-0.1, -0.05) is 6.07 Å². The molecule has 2 amide bonds. The Bertz CT molecular complexity index is 871. The van der Waals surface area contributed by atoms with Crippen LogP contribution >= 0.6 is 0 Å². The van der Waals surface area contributed by atoms with E-state index in [4.69, 9.17) is 4.74 Å². The summed E-state index contributed by atoms with van der Waals surface area (Å²) in [5, 5.41) is 5.40. The van der Waals surface area contributed by atoms with Crippen molar-refractivity contribution >= 4 is 23.2 Å². The summed E-state index contributed by atoms with van der Waals surface area (Å²) in [5.74, 6) is -0.792. The topological polar surface area (TPSA) is 89.4 Å². The van der Waals surface area contributed by atoms with Crippen LogP contribution < -0.4 is 16.2 Å². The van der Waals surface area contributed by atoms with Crippen molar-refractivity contribution in [3.8, 4) is 0 Å². The minimum atomic E-state index is -0.496. The van der Waals surface area contributed by atoms with Crippen LogP contribution in [0.4, 0.5) is 11.4 Å². The maximum absolute atomic E-state index is 12.5. The number of nitrogens with one attached hydrogen (secondary N) is 2. The standard InChI is InChI=1S/C18H21N3O4/c1-11-5-7-13(19-16(22)10-25-4)9-15(11)20-17(23)14-8-6-12(2)21(3)18(14)24/h5-9H,10H2,1-4H3,(H,19,22)(H,20,23). The van der Waals surface area contributed by atoms with E-state index in [9.17, 15) is 14.4 Å². The number of rotatable bonds is 5. The molecule has 1 aromatic carbocycles. The van der Waals surface area contributed by atoms with Crippen molar-refractivity contribution in [1.82, 2.24) is 4.57 Å². The van der Waals surface area contributed by atoms with Gasteiger partial charge in [0.15, 0.2) is 0 Å². The van der Waals surface area contributed by atoms with Crippen molar-refractivity contribution < 1.29 is 14.3 Å². The molecule has 2 rings (SSSR count). The molecule has 132 valence electrons. The van der Waals surface area contributed by atoms with E-state index in [2.05, 4.69) is 10.6 Å². The molecule has 7 nitrogen and oxygen atoms in total. The van der Waals surface area contributed by atoms with Gasteiger partial charge in [0.1, 0.15) is 12.2 Å². The molecule has 0 fully saturated rings. The molecule has 0 saturated heterocycles. The van der Waals surface area contributed by atoms with Gasteiger partial charge in [-0.3, -0.25) is 14.4 Å². The Morgan fingerprint density at radius 1 is 1.12 bits per heavy atom. The molecule has 0 radical (unpaired) electrons. The van der Waals surface area contributed by atoms with Gasteiger partial charge in [-0.15, -0.1) is 0 Å². The van der Waals surface area contributed by atoms with E-state index >= 15 is 0 Å². The van der Waals surface area contributed by atoms with Gasteiger partial charge in [0.2, 0.25) is 5.91 Å². The predicted octanol–water partition coefficient (Wildman–Crippen LogP) is 1.84. The summed E-state index contributed by atoms with van der Waals surface area (Å²) in [4.78, 5) is 36.3. The van der Waals surface area contributed by atoms with Gasteiger partial charge in [-0.25, -0.2) is 0 Å². The number of hydrogen-bond acceptors (Lipinski definition) is 4. The van der Waals surface area contributed by atoms with Gasteiger partial charge in [0.05, 0.1) is 0 Å². The average Bonchev–Trinajstić information content (AvgIpc) is 2.56. The number of benzene rings is 1. The summed E-state index contributed by atoms with van der Waals surface area (Å²) in [7, 11) is 3.05. The molecule has 0 aliphatic carbocycles.